The number of halogens is 1. The van der Waals surface area contributed by atoms with Gasteiger partial charge in [-0.2, -0.15) is 4.98 Å². The molecule has 1 unspecified atom stereocenters. The molecular weight excluding hydrogens is 274 g/mol. The molecule has 0 amide bonds. The van der Waals surface area contributed by atoms with Crippen LogP contribution in [0.2, 0.25) is 5.28 Å². The fourth-order valence-electron chi connectivity index (χ4n) is 2.20. The number of para-hydroxylation sites is 1. The summed E-state index contributed by atoms with van der Waals surface area (Å²) in [6.07, 6.45) is 1.03. The monoisotopic (exact) mass is 293 g/mol. The summed E-state index contributed by atoms with van der Waals surface area (Å²) < 4.78 is 5.21. The van der Waals surface area contributed by atoms with Crippen molar-refractivity contribution in [2.24, 2.45) is 0 Å². The van der Waals surface area contributed by atoms with Crippen LogP contribution in [0.15, 0.2) is 24.3 Å². The largest absolute Gasteiger partial charge is 0.383 e. The predicted octanol–water partition coefficient (Wildman–Crippen LogP) is 3.53. The molecule has 0 N–H and O–H groups in total. The maximum atomic E-state index is 6.07. The Balaban J connectivity index is 2.51. The van der Waals surface area contributed by atoms with Gasteiger partial charge in [-0.15, -0.1) is 0 Å². The van der Waals surface area contributed by atoms with E-state index >= 15 is 0 Å². The number of benzene rings is 1. The zero-order chi connectivity index (χ0) is 14.5. The fraction of sp³-hybridized carbons (Fsp3) is 0.467. The van der Waals surface area contributed by atoms with Gasteiger partial charge in [0.1, 0.15) is 5.82 Å². The van der Waals surface area contributed by atoms with Crippen molar-refractivity contribution in [3.05, 3.63) is 29.5 Å². The minimum absolute atomic E-state index is 0.282. The van der Waals surface area contributed by atoms with Crippen LogP contribution < -0.4 is 4.90 Å². The van der Waals surface area contributed by atoms with Crippen molar-refractivity contribution < 1.29 is 4.74 Å². The Morgan fingerprint density at radius 3 is 2.75 bits per heavy atom. The number of fused-ring (bicyclic) bond motifs is 1. The van der Waals surface area contributed by atoms with Crippen molar-refractivity contribution in [2.75, 3.05) is 25.2 Å². The Morgan fingerprint density at radius 1 is 1.30 bits per heavy atom. The van der Waals surface area contributed by atoms with E-state index in [1.165, 1.54) is 0 Å². The third-order valence-electron chi connectivity index (χ3n) is 3.49. The average molecular weight is 294 g/mol. The summed E-state index contributed by atoms with van der Waals surface area (Å²) in [6, 6.07) is 8.30. The highest BCUT2D eigenvalue weighted by atomic mass is 35.5. The second kappa shape index (κ2) is 6.86. The summed E-state index contributed by atoms with van der Waals surface area (Å²) in [5.74, 6) is 0.881. The standard InChI is InChI=1S/C15H20ClN3O/c1-4-11(2)19(9-10-20-3)14-12-7-5-6-8-13(12)17-15(16)18-14/h5-8,11H,4,9-10H2,1-3H3. The van der Waals surface area contributed by atoms with Gasteiger partial charge in [0.25, 0.3) is 0 Å². The number of anilines is 1. The number of hydrogen-bond acceptors (Lipinski definition) is 4. The van der Waals surface area contributed by atoms with Crippen LogP contribution >= 0.6 is 11.6 Å². The molecule has 20 heavy (non-hydrogen) atoms. The molecule has 0 bridgehead atoms. The van der Waals surface area contributed by atoms with Crippen LogP contribution in [0.4, 0.5) is 5.82 Å². The summed E-state index contributed by atoms with van der Waals surface area (Å²) in [5, 5.41) is 1.30. The van der Waals surface area contributed by atoms with E-state index in [-0.39, 0.29) is 5.28 Å². The molecule has 0 saturated carbocycles. The summed E-state index contributed by atoms with van der Waals surface area (Å²) in [6.45, 7) is 5.78. The molecule has 0 aliphatic heterocycles. The van der Waals surface area contributed by atoms with Crippen LogP contribution in [-0.4, -0.2) is 36.3 Å². The summed E-state index contributed by atoms with van der Waals surface area (Å²) in [7, 11) is 1.71. The Bertz CT molecular complexity index is 576. The molecule has 0 saturated heterocycles. The lowest BCUT2D eigenvalue weighted by atomic mass is 10.1. The number of aromatic nitrogens is 2. The van der Waals surface area contributed by atoms with Gasteiger partial charge in [-0.05, 0) is 37.1 Å². The zero-order valence-electron chi connectivity index (χ0n) is 12.1. The lowest BCUT2D eigenvalue weighted by molar-refractivity contribution is 0.203. The Hall–Kier alpha value is -1.39. The molecular formula is C15H20ClN3O. The number of hydrogen-bond donors (Lipinski definition) is 0. The van der Waals surface area contributed by atoms with E-state index in [1.54, 1.807) is 7.11 Å². The Kier molecular flexibility index (Phi) is 5.15. The number of ether oxygens (including phenoxy) is 1. The predicted molar refractivity (Wildman–Crippen MR) is 83.5 cm³/mol. The first-order valence-corrected chi connectivity index (χ1v) is 7.23. The smallest absolute Gasteiger partial charge is 0.224 e. The second-order valence-electron chi connectivity index (χ2n) is 4.78. The van der Waals surface area contributed by atoms with Crippen molar-refractivity contribution in [1.82, 2.24) is 9.97 Å². The molecule has 0 fully saturated rings. The fourth-order valence-corrected chi connectivity index (χ4v) is 2.37. The Labute approximate surface area is 124 Å². The molecule has 1 heterocycles. The first-order valence-electron chi connectivity index (χ1n) is 6.85. The third kappa shape index (κ3) is 3.19. The van der Waals surface area contributed by atoms with E-state index in [4.69, 9.17) is 16.3 Å². The topological polar surface area (TPSA) is 38.2 Å². The lowest BCUT2D eigenvalue weighted by Crippen LogP contribution is -2.36. The van der Waals surface area contributed by atoms with Crippen molar-refractivity contribution >= 4 is 28.3 Å². The molecule has 1 aromatic heterocycles. The molecule has 0 spiro atoms. The molecule has 2 rings (SSSR count). The van der Waals surface area contributed by atoms with Crippen molar-refractivity contribution in [3.8, 4) is 0 Å². The van der Waals surface area contributed by atoms with Gasteiger partial charge in [0.15, 0.2) is 0 Å². The van der Waals surface area contributed by atoms with Crippen molar-refractivity contribution in [1.29, 1.82) is 0 Å². The normalized spacial score (nSPS) is 12.6. The van der Waals surface area contributed by atoms with Crippen molar-refractivity contribution in [3.63, 3.8) is 0 Å². The molecule has 4 nitrogen and oxygen atoms in total. The van der Waals surface area contributed by atoms with E-state index in [1.807, 2.05) is 24.3 Å². The molecule has 1 aromatic carbocycles. The number of rotatable bonds is 6. The van der Waals surface area contributed by atoms with Gasteiger partial charge in [-0.1, -0.05) is 19.1 Å². The van der Waals surface area contributed by atoms with Gasteiger partial charge in [-0.3, -0.25) is 0 Å². The second-order valence-corrected chi connectivity index (χ2v) is 5.11. The molecule has 2 aromatic rings. The van der Waals surface area contributed by atoms with Crippen molar-refractivity contribution in [2.45, 2.75) is 26.3 Å². The quantitative estimate of drug-likeness (QED) is 0.764. The van der Waals surface area contributed by atoms with E-state index < -0.39 is 0 Å². The molecule has 0 aliphatic rings. The summed E-state index contributed by atoms with van der Waals surface area (Å²) in [4.78, 5) is 11.0. The number of nitrogens with zero attached hydrogens (tertiary/aromatic N) is 3. The van der Waals surface area contributed by atoms with Crippen LogP contribution in [0.25, 0.3) is 10.9 Å². The Morgan fingerprint density at radius 2 is 2.05 bits per heavy atom. The van der Waals surface area contributed by atoms with E-state index in [9.17, 15) is 0 Å². The highest BCUT2D eigenvalue weighted by Gasteiger charge is 2.18. The molecule has 5 heteroatoms. The molecule has 0 radical (unpaired) electrons. The minimum atomic E-state index is 0.282. The molecule has 1 atom stereocenters. The van der Waals surface area contributed by atoms with Crippen LogP contribution in [0.3, 0.4) is 0 Å². The zero-order valence-corrected chi connectivity index (χ0v) is 12.9. The van der Waals surface area contributed by atoms with Crippen LogP contribution in [-0.2, 0) is 4.74 Å². The maximum absolute atomic E-state index is 6.07. The van der Waals surface area contributed by atoms with Crippen LogP contribution in [0.1, 0.15) is 20.3 Å². The summed E-state index contributed by atoms with van der Waals surface area (Å²) in [5.41, 5.74) is 0.869. The van der Waals surface area contributed by atoms with Crippen LogP contribution in [0, 0.1) is 0 Å². The minimum Gasteiger partial charge on any atom is -0.383 e. The van der Waals surface area contributed by atoms with Gasteiger partial charge >= 0.3 is 0 Å². The average Bonchev–Trinajstić information content (AvgIpc) is 2.46. The SMILES string of the molecule is CCC(C)N(CCOC)c1nc(Cl)nc2ccccc12. The first kappa shape index (κ1) is 15.0. The van der Waals surface area contributed by atoms with Gasteiger partial charge in [0, 0.05) is 25.1 Å². The highest BCUT2D eigenvalue weighted by Crippen LogP contribution is 2.27. The third-order valence-corrected chi connectivity index (χ3v) is 3.66. The van der Waals surface area contributed by atoms with Crippen LogP contribution in [0.5, 0.6) is 0 Å². The molecule has 108 valence electrons. The highest BCUT2D eigenvalue weighted by molar-refractivity contribution is 6.28. The van der Waals surface area contributed by atoms with E-state index in [0.717, 1.165) is 29.7 Å². The number of methoxy groups -OCH3 is 1. The molecule has 0 aliphatic carbocycles. The van der Waals surface area contributed by atoms with Gasteiger partial charge < -0.3 is 9.64 Å². The van der Waals surface area contributed by atoms with E-state index in [2.05, 4.69) is 28.7 Å². The lowest BCUT2D eigenvalue weighted by Gasteiger charge is -2.30. The van der Waals surface area contributed by atoms with Gasteiger partial charge in [0.05, 0.1) is 12.1 Å². The maximum Gasteiger partial charge on any atom is 0.224 e. The van der Waals surface area contributed by atoms with E-state index in [0.29, 0.717) is 12.6 Å². The van der Waals surface area contributed by atoms with Gasteiger partial charge in [0.2, 0.25) is 5.28 Å². The van der Waals surface area contributed by atoms with Gasteiger partial charge in [-0.25, -0.2) is 4.98 Å². The first-order chi connectivity index (χ1) is 9.67. The summed E-state index contributed by atoms with van der Waals surface area (Å²) >= 11 is 6.07.